The summed E-state index contributed by atoms with van der Waals surface area (Å²) >= 11 is 1.46. The Morgan fingerprint density at radius 2 is 2.22 bits per heavy atom. The third-order valence-corrected chi connectivity index (χ3v) is 3.95. The van der Waals surface area contributed by atoms with Crippen molar-refractivity contribution in [1.82, 2.24) is 0 Å². The van der Waals surface area contributed by atoms with Gasteiger partial charge in [-0.1, -0.05) is 0 Å². The summed E-state index contributed by atoms with van der Waals surface area (Å²) < 4.78 is 12.4. The molecule has 2 heterocycles. The minimum atomic E-state index is -0.660. The monoisotopic (exact) mass is 262 g/mol. The zero-order valence-electron chi connectivity index (χ0n) is 9.52. The molecule has 3 rings (SSSR count). The number of nitrogen functional groups attached to an aromatic ring is 1. The highest BCUT2D eigenvalue weighted by Gasteiger charge is 2.20. The Bertz CT molecular complexity index is 772. The number of anilines is 1. The van der Waals surface area contributed by atoms with Crippen LogP contribution in [-0.4, -0.2) is 13.0 Å². The van der Waals surface area contributed by atoms with E-state index in [2.05, 4.69) is 0 Å². The molecule has 0 saturated heterocycles. The Morgan fingerprint density at radius 3 is 2.89 bits per heavy atom. The van der Waals surface area contributed by atoms with Crippen LogP contribution >= 0.6 is 11.3 Å². The number of carbonyl (C=O) groups is 1. The Kier molecular flexibility index (Phi) is 2.21. The second-order valence-electron chi connectivity index (χ2n) is 3.83. The van der Waals surface area contributed by atoms with Crippen LogP contribution < -0.4 is 16.2 Å². The number of primary amides is 1. The standard InChI is InChI=1S/C12H10N2O3S/c1-16-5-2-3-7-6(4-5)9-11(18-7)8(13)10(17-9)12(14)15/h2-4H,13H2,1H3,(H2,14,15). The largest absolute Gasteiger partial charge is 0.497 e. The van der Waals surface area contributed by atoms with Gasteiger partial charge in [0.05, 0.1) is 11.8 Å². The molecule has 92 valence electrons. The number of nitrogens with two attached hydrogens (primary N) is 2. The first kappa shape index (κ1) is 10.9. The fourth-order valence-corrected chi connectivity index (χ4v) is 2.97. The van der Waals surface area contributed by atoms with E-state index in [0.717, 1.165) is 20.5 Å². The molecule has 0 radical (unpaired) electrons. The normalized spacial score (nSPS) is 11.2. The van der Waals surface area contributed by atoms with Crippen LogP contribution in [0.2, 0.25) is 0 Å². The highest BCUT2D eigenvalue weighted by atomic mass is 32.1. The van der Waals surface area contributed by atoms with Crippen molar-refractivity contribution in [3.63, 3.8) is 0 Å². The van der Waals surface area contributed by atoms with Crippen LogP contribution in [0.25, 0.3) is 20.4 Å². The lowest BCUT2D eigenvalue weighted by Crippen LogP contribution is -2.11. The van der Waals surface area contributed by atoms with Gasteiger partial charge >= 0.3 is 0 Å². The van der Waals surface area contributed by atoms with Gasteiger partial charge in [0.25, 0.3) is 5.91 Å². The third-order valence-electron chi connectivity index (χ3n) is 2.77. The maximum Gasteiger partial charge on any atom is 0.286 e. The average molecular weight is 262 g/mol. The summed E-state index contributed by atoms with van der Waals surface area (Å²) in [6.07, 6.45) is 0. The second kappa shape index (κ2) is 3.64. The molecule has 0 spiro atoms. The van der Waals surface area contributed by atoms with Crippen molar-refractivity contribution in [2.24, 2.45) is 5.73 Å². The van der Waals surface area contributed by atoms with E-state index >= 15 is 0 Å². The lowest BCUT2D eigenvalue weighted by molar-refractivity contribution is 0.0977. The number of carbonyl (C=O) groups excluding carboxylic acids is 1. The summed E-state index contributed by atoms with van der Waals surface area (Å²) in [4.78, 5) is 11.2. The Hall–Kier alpha value is -2.21. The molecule has 0 saturated carbocycles. The molecular formula is C12H10N2O3S. The molecule has 0 aliphatic rings. The number of hydrogen-bond acceptors (Lipinski definition) is 5. The smallest absolute Gasteiger partial charge is 0.286 e. The van der Waals surface area contributed by atoms with Crippen molar-refractivity contribution < 1.29 is 13.9 Å². The van der Waals surface area contributed by atoms with Crippen molar-refractivity contribution in [1.29, 1.82) is 0 Å². The molecule has 6 heteroatoms. The van der Waals surface area contributed by atoms with Crippen LogP contribution in [0.3, 0.4) is 0 Å². The van der Waals surface area contributed by atoms with Crippen molar-refractivity contribution in [3.05, 3.63) is 24.0 Å². The molecule has 0 aliphatic carbocycles. The molecule has 4 N–H and O–H groups in total. The lowest BCUT2D eigenvalue weighted by Gasteiger charge is -1.98. The quantitative estimate of drug-likeness (QED) is 0.741. The van der Waals surface area contributed by atoms with E-state index in [9.17, 15) is 4.79 Å². The topological polar surface area (TPSA) is 91.5 Å². The number of furan rings is 1. The van der Waals surface area contributed by atoms with Gasteiger partial charge in [0, 0.05) is 10.1 Å². The van der Waals surface area contributed by atoms with E-state index in [-0.39, 0.29) is 5.76 Å². The molecule has 1 aromatic carbocycles. The Labute approximate surface area is 106 Å². The van der Waals surface area contributed by atoms with Gasteiger partial charge in [-0.05, 0) is 18.2 Å². The van der Waals surface area contributed by atoms with Crippen LogP contribution in [0, 0.1) is 0 Å². The van der Waals surface area contributed by atoms with E-state index in [1.807, 2.05) is 18.2 Å². The molecule has 18 heavy (non-hydrogen) atoms. The van der Waals surface area contributed by atoms with E-state index < -0.39 is 5.91 Å². The van der Waals surface area contributed by atoms with Gasteiger partial charge in [0.1, 0.15) is 11.4 Å². The number of thiophene rings is 1. The van der Waals surface area contributed by atoms with Crippen molar-refractivity contribution in [3.8, 4) is 5.75 Å². The highest BCUT2D eigenvalue weighted by Crippen LogP contribution is 2.41. The van der Waals surface area contributed by atoms with E-state index in [1.165, 1.54) is 11.3 Å². The number of benzene rings is 1. The molecule has 3 aromatic rings. The van der Waals surface area contributed by atoms with Crippen molar-refractivity contribution in [2.75, 3.05) is 12.8 Å². The van der Waals surface area contributed by atoms with Crippen LogP contribution in [0.15, 0.2) is 22.6 Å². The third kappa shape index (κ3) is 1.36. The number of hydrogen-bond donors (Lipinski definition) is 2. The Balaban J connectivity index is 2.40. The highest BCUT2D eigenvalue weighted by molar-refractivity contribution is 7.26. The maximum absolute atomic E-state index is 11.2. The van der Waals surface area contributed by atoms with Gasteiger partial charge < -0.3 is 20.6 Å². The van der Waals surface area contributed by atoms with Crippen LogP contribution in [0.4, 0.5) is 5.69 Å². The summed E-state index contributed by atoms with van der Waals surface area (Å²) in [7, 11) is 1.59. The molecule has 0 unspecified atom stereocenters. The van der Waals surface area contributed by atoms with E-state index in [0.29, 0.717) is 11.3 Å². The van der Waals surface area contributed by atoms with E-state index in [4.69, 9.17) is 20.6 Å². The molecular weight excluding hydrogens is 252 g/mol. The molecule has 1 amide bonds. The van der Waals surface area contributed by atoms with Crippen molar-refractivity contribution in [2.45, 2.75) is 0 Å². The number of methoxy groups -OCH3 is 1. The van der Waals surface area contributed by atoms with Gasteiger partial charge in [-0.3, -0.25) is 4.79 Å². The average Bonchev–Trinajstić information content (AvgIpc) is 2.86. The predicted octanol–water partition coefficient (Wildman–Crippen LogP) is 2.34. The maximum atomic E-state index is 11.2. The molecule has 0 fully saturated rings. The zero-order valence-corrected chi connectivity index (χ0v) is 10.3. The first-order chi connectivity index (χ1) is 8.61. The predicted molar refractivity (Wildman–Crippen MR) is 71.1 cm³/mol. The molecule has 0 aliphatic heterocycles. The summed E-state index contributed by atoms with van der Waals surface area (Å²) in [5, 5.41) is 0.869. The molecule has 0 bridgehead atoms. The molecule has 2 aromatic heterocycles. The fourth-order valence-electron chi connectivity index (χ4n) is 1.90. The van der Waals surface area contributed by atoms with Crippen LogP contribution in [0.5, 0.6) is 5.75 Å². The summed E-state index contributed by atoms with van der Waals surface area (Å²) in [5.41, 5.74) is 12.0. The molecule has 0 atom stereocenters. The number of amides is 1. The van der Waals surface area contributed by atoms with Gasteiger partial charge in [-0.2, -0.15) is 0 Å². The number of ether oxygens (including phenoxy) is 1. The van der Waals surface area contributed by atoms with Gasteiger partial charge in [0.2, 0.25) is 5.76 Å². The van der Waals surface area contributed by atoms with Gasteiger partial charge in [-0.15, -0.1) is 11.3 Å². The summed E-state index contributed by atoms with van der Waals surface area (Å²) in [6.45, 7) is 0. The first-order valence-electron chi connectivity index (χ1n) is 5.20. The number of fused-ring (bicyclic) bond motifs is 3. The minimum absolute atomic E-state index is 0.0148. The number of rotatable bonds is 2. The summed E-state index contributed by atoms with van der Waals surface area (Å²) in [5.74, 6) is 0.0747. The molecule has 5 nitrogen and oxygen atoms in total. The lowest BCUT2D eigenvalue weighted by atomic mass is 10.2. The van der Waals surface area contributed by atoms with Gasteiger partial charge in [0.15, 0.2) is 5.58 Å². The zero-order chi connectivity index (χ0) is 12.9. The first-order valence-corrected chi connectivity index (χ1v) is 6.01. The van der Waals surface area contributed by atoms with Crippen LogP contribution in [0.1, 0.15) is 10.6 Å². The second-order valence-corrected chi connectivity index (χ2v) is 4.88. The minimum Gasteiger partial charge on any atom is -0.497 e. The van der Waals surface area contributed by atoms with Crippen molar-refractivity contribution >= 4 is 43.3 Å². The Morgan fingerprint density at radius 1 is 1.44 bits per heavy atom. The van der Waals surface area contributed by atoms with E-state index in [1.54, 1.807) is 7.11 Å². The summed E-state index contributed by atoms with van der Waals surface area (Å²) in [6, 6.07) is 5.64. The SMILES string of the molecule is COc1ccc2sc3c(N)c(C(N)=O)oc3c2c1. The van der Waals surface area contributed by atoms with Crippen LogP contribution in [-0.2, 0) is 0 Å². The van der Waals surface area contributed by atoms with Gasteiger partial charge in [-0.25, -0.2) is 0 Å². The fraction of sp³-hybridized carbons (Fsp3) is 0.0833.